The maximum atomic E-state index is 5.91. The monoisotopic (exact) mass is 413 g/mol. The van der Waals surface area contributed by atoms with E-state index in [0.717, 1.165) is 38.8 Å². The van der Waals surface area contributed by atoms with Crippen molar-refractivity contribution in [1.82, 2.24) is 4.98 Å². The fourth-order valence-corrected chi connectivity index (χ4v) is 2.85. The van der Waals surface area contributed by atoms with Crippen LogP contribution in [0.1, 0.15) is 18.1 Å². The highest BCUT2D eigenvalue weighted by molar-refractivity contribution is 9.10. The summed E-state index contributed by atoms with van der Waals surface area (Å²) in [6.45, 7) is 3.16. The van der Waals surface area contributed by atoms with Crippen molar-refractivity contribution in [1.29, 1.82) is 0 Å². The highest BCUT2D eigenvalue weighted by Crippen LogP contribution is 2.37. The molecule has 0 amide bonds. The molecule has 1 aromatic heterocycles. The highest BCUT2D eigenvalue weighted by Gasteiger charge is 2.12. The van der Waals surface area contributed by atoms with Gasteiger partial charge in [0.15, 0.2) is 11.5 Å². The van der Waals surface area contributed by atoms with E-state index in [1.54, 1.807) is 6.20 Å². The van der Waals surface area contributed by atoms with Crippen LogP contribution in [-0.2, 0) is 11.8 Å². The number of benzene rings is 1. The minimum absolute atomic E-state index is 0.581. The Morgan fingerprint density at radius 3 is 2.71 bits per heavy atom. The summed E-state index contributed by atoms with van der Waals surface area (Å²) in [5.74, 6) is 1.53. The Bertz CT molecular complexity index is 576. The van der Waals surface area contributed by atoms with Crippen LogP contribution in [0.3, 0.4) is 0 Å². The molecule has 0 fully saturated rings. The van der Waals surface area contributed by atoms with Crippen LogP contribution < -0.4 is 9.47 Å². The summed E-state index contributed by atoms with van der Waals surface area (Å²) in [7, 11) is 0. The summed E-state index contributed by atoms with van der Waals surface area (Å²) in [6, 6.07) is 8.02. The molecule has 0 N–H and O–H groups in total. The van der Waals surface area contributed by atoms with Crippen molar-refractivity contribution in [2.75, 3.05) is 13.2 Å². The third-order valence-electron chi connectivity index (χ3n) is 2.88. The average Bonchev–Trinajstić information content (AvgIpc) is 2.51. The van der Waals surface area contributed by atoms with Gasteiger partial charge in [0.25, 0.3) is 0 Å². The fourth-order valence-electron chi connectivity index (χ4n) is 1.92. The Labute approximate surface area is 141 Å². The molecule has 0 aliphatic rings. The number of hydrogen-bond acceptors (Lipinski definition) is 3. The van der Waals surface area contributed by atoms with Crippen molar-refractivity contribution in [3.8, 4) is 11.5 Å². The zero-order chi connectivity index (χ0) is 15.1. The lowest BCUT2D eigenvalue weighted by molar-refractivity contribution is 0.277. The van der Waals surface area contributed by atoms with Gasteiger partial charge in [-0.2, -0.15) is 0 Å². The van der Waals surface area contributed by atoms with Gasteiger partial charge in [-0.25, -0.2) is 0 Å². The lowest BCUT2D eigenvalue weighted by Gasteiger charge is -2.15. The predicted octanol–water partition coefficient (Wildman–Crippen LogP) is 4.76. The molecule has 5 heteroatoms. The molecule has 2 rings (SSSR count). The number of ether oxygens (including phenoxy) is 2. The van der Waals surface area contributed by atoms with E-state index in [-0.39, 0.29) is 0 Å². The molecule has 1 aromatic carbocycles. The van der Waals surface area contributed by atoms with Crippen molar-refractivity contribution < 1.29 is 9.47 Å². The largest absolute Gasteiger partial charge is 0.490 e. The van der Waals surface area contributed by atoms with Gasteiger partial charge in [-0.15, -0.1) is 0 Å². The van der Waals surface area contributed by atoms with Gasteiger partial charge in [-0.3, -0.25) is 4.98 Å². The van der Waals surface area contributed by atoms with E-state index in [1.165, 1.54) is 0 Å². The first kappa shape index (κ1) is 16.3. The second kappa shape index (κ2) is 8.39. The number of halogens is 2. The van der Waals surface area contributed by atoms with Crippen LogP contribution in [0.4, 0.5) is 0 Å². The Hall–Kier alpha value is -1.07. The first-order chi connectivity index (χ1) is 10.2. The summed E-state index contributed by atoms with van der Waals surface area (Å²) in [6.07, 6.45) is 4.44. The second-order valence-corrected chi connectivity index (χ2v) is 5.85. The Kier molecular flexibility index (Phi) is 6.51. The lowest BCUT2D eigenvalue weighted by atomic mass is 10.2. The van der Waals surface area contributed by atoms with Crippen LogP contribution in [0, 0.1) is 0 Å². The zero-order valence-corrected chi connectivity index (χ0v) is 15.0. The molecule has 0 aliphatic carbocycles. The number of hydrogen-bond donors (Lipinski definition) is 0. The molecule has 0 aliphatic heterocycles. The van der Waals surface area contributed by atoms with E-state index in [2.05, 4.69) is 36.8 Å². The van der Waals surface area contributed by atoms with Crippen LogP contribution >= 0.6 is 31.9 Å². The zero-order valence-electron chi connectivity index (χ0n) is 11.8. The third-order valence-corrected chi connectivity index (χ3v) is 4.12. The molecule has 112 valence electrons. The van der Waals surface area contributed by atoms with Crippen LogP contribution in [0.5, 0.6) is 11.5 Å². The third kappa shape index (κ3) is 4.71. The number of rotatable bonds is 7. The summed E-state index contributed by atoms with van der Waals surface area (Å²) in [4.78, 5) is 4.10. The van der Waals surface area contributed by atoms with Gasteiger partial charge in [0.05, 0.1) is 17.7 Å². The van der Waals surface area contributed by atoms with E-state index in [9.17, 15) is 0 Å². The normalized spacial score (nSPS) is 10.4. The number of aromatic nitrogens is 1. The van der Waals surface area contributed by atoms with Gasteiger partial charge in [0.1, 0.15) is 0 Å². The smallest absolute Gasteiger partial charge is 0.175 e. The first-order valence-corrected chi connectivity index (χ1v) is 8.69. The summed E-state index contributed by atoms with van der Waals surface area (Å²) in [5.41, 5.74) is 2.30. The lowest BCUT2D eigenvalue weighted by Crippen LogP contribution is -2.05. The fraction of sp³-hybridized carbons (Fsp3) is 0.312. The molecule has 21 heavy (non-hydrogen) atoms. The average molecular weight is 415 g/mol. The topological polar surface area (TPSA) is 31.4 Å². The summed E-state index contributed by atoms with van der Waals surface area (Å²) in [5, 5.41) is 0.779. The van der Waals surface area contributed by atoms with Gasteiger partial charge in [0, 0.05) is 24.1 Å². The minimum Gasteiger partial charge on any atom is -0.490 e. The van der Waals surface area contributed by atoms with Crippen LogP contribution in [-0.4, -0.2) is 18.2 Å². The van der Waals surface area contributed by atoms with Crippen LogP contribution in [0.2, 0.25) is 0 Å². The molecule has 0 spiro atoms. The quantitative estimate of drug-likeness (QED) is 0.612. The second-order valence-electron chi connectivity index (χ2n) is 4.43. The van der Waals surface area contributed by atoms with E-state index in [1.807, 2.05) is 37.4 Å². The molecule has 0 saturated carbocycles. The van der Waals surface area contributed by atoms with Gasteiger partial charge in [0.2, 0.25) is 0 Å². The number of pyridine rings is 1. The van der Waals surface area contributed by atoms with Crippen molar-refractivity contribution >= 4 is 31.9 Å². The van der Waals surface area contributed by atoms with Crippen molar-refractivity contribution in [2.45, 2.75) is 18.7 Å². The molecule has 0 bridgehead atoms. The maximum Gasteiger partial charge on any atom is 0.175 e. The maximum absolute atomic E-state index is 5.91. The molecular weight excluding hydrogens is 398 g/mol. The predicted molar refractivity (Wildman–Crippen MR) is 91.4 cm³/mol. The van der Waals surface area contributed by atoms with Crippen LogP contribution in [0.25, 0.3) is 0 Å². The van der Waals surface area contributed by atoms with Gasteiger partial charge in [-0.05, 0) is 52.2 Å². The van der Waals surface area contributed by atoms with Gasteiger partial charge in [-0.1, -0.05) is 22.0 Å². The molecule has 0 atom stereocenters. The minimum atomic E-state index is 0.581. The molecule has 0 radical (unpaired) electrons. The van der Waals surface area contributed by atoms with E-state index >= 15 is 0 Å². The van der Waals surface area contributed by atoms with E-state index in [4.69, 9.17) is 9.47 Å². The molecule has 0 unspecified atom stereocenters. The summed E-state index contributed by atoms with van der Waals surface area (Å²) >= 11 is 7.02. The molecule has 0 saturated heterocycles. The van der Waals surface area contributed by atoms with Crippen molar-refractivity contribution in [3.05, 3.63) is 52.3 Å². The van der Waals surface area contributed by atoms with Gasteiger partial charge < -0.3 is 9.47 Å². The van der Waals surface area contributed by atoms with Gasteiger partial charge >= 0.3 is 0 Å². The first-order valence-electron chi connectivity index (χ1n) is 6.77. The standard InChI is InChI=1S/C16H17Br2NO2/c1-2-20-15-9-13(10-17)8-14(18)16(15)21-7-5-12-4-3-6-19-11-12/h3-4,6,8-9,11H,2,5,7,10H2,1H3. The van der Waals surface area contributed by atoms with Crippen LogP contribution in [0.15, 0.2) is 41.1 Å². The van der Waals surface area contributed by atoms with E-state index < -0.39 is 0 Å². The number of nitrogens with zero attached hydrogens (tertiary/aromatic N) is 1. The Morgan fingerprint density at radius 2 is 2.05 bits per heavy atom. The Morgan fingerprint density at radius 1 is 1.19 bits per heavy atom. The molecule has 1 heterocycles. The van der Waals surface area contributed by atoms with Crippen molar-refractivity contribution in [3.63, 3.8) is 0 Å². The SMILES string of the molecule is CCOc1cc(CBr)cc(Br)c1OCCc1cccnc1. The Balaban J connectivity index is 2.07. The molecule has 3 nitrogen and oxygen atoms in total. The van der Waals surface area contributed by atoms with Crippen molar-refractivity contribution in [2.24, 2.45) is 0 Å². The van der Waals surface area contributed by atoms with E-state index in [0.29, 0.717) is 13.2 Å². The molecule has 2 aromatic rings. The highest BCUT2D eigenvalue weighted by atomic mass is 79.9. The molecular formula is C16H17Br2NO2. The summed E-state index contributed by atoms with van der Waals surface area (Å²) < 4.78 is 12.5. The number of alkyl halides is 1.